The molecule has 0 saturated heterocycles. The molecule has 0 atom stereocenters. The Morgan fingerprint density at radius 1 is 1.25 bits per heavy atom. The lowest BCUT2D eigenvalue weighted by atomic mass is 10.2. The minimum absolute atomic E-state index is 0.287. The van der Waals surface area contributed by atoms with E-state index >= 15 is 0 Å². The molecule has 0 aromatic heterocycles. The van der Waals surface area contributed by atoms with Crippen molar-refractivity contribution in [3.8, 4) is 17.2 Å². The second-order valence-corrected chi connectivity index (χ2v) is 5.20. The number of hydrogen-bond donors (Lipinski definition) is 1. The average Bonchev–Trinajstić information content (AvgIpc) is 2.95. The summed E-state index contributed by atoms with van der Waals surface area (Å²) in [4.78, 5) is 0. The van der Waals surface area contributed by atoms with Gasteiger partial charge in [-0.25, -0.2) is 0 Å². The van der Waals surface area contributed by atoms with Gasteiger partial charge in [-0.2, -0.15) is 0 Å². The van der Waals surface area contributed by atoms with Crippen LogP contribution in [0.15, 0.2) is 40.9 Å². The summed E-state index contributed by atoms with van der Waals surface area (Å²) in [6.45, 7) is 0.938. The van der Waals surface area contributed by atoms with E-state index in [1.54, 1.807) is 7.11 Å². The second kappa shape index (κ2) is 5.63. The number of fused-ring (bicyclic) bond motifs is 1. The van der Waals surface area contributed by atoms with E-state index in [4.69, 9.17) is 14.2 Å². The van der Waals surface area contributed by atoms with Crippen LogP contribution in [0.3, 0.4) is 0 Å². The largest absolute Gasteiger partial charge is 0.497 e. The predicted octanol–water partition coefficient (Wildman–Crippen LogP) is 3.80. The molecule has 20 heavy (non-hydrogen) atoms. The van der Waals surface area contributed by atoms with Gasteiger partial charge in [0.2, 0.25) is 6.79 Å². The molecule has 0 bridgehead atoms. The number of halogens is 1. The fraction of sp³-hybridized carbons (Fsp3) is 0.200. The van der Waals surface area contributed by atoms with Crippen molar-refractivity contribution in [2.45, 2.75) is 6.54 Å². The smallest absolute Gasteiger partial charge is 0.231 e. The fourth-order valence-electron chi connectivity index (χ4n) is 2.09. The fourth-order valence-corrected chi connectivity index (χ4v) is 2.47. The van der Waals surface area contributed by atoms with Crippen molar-refractivity contribution < 1.29 is 14.2 Å². The van der Waals surface area contributed by atoms with Gasteiger partial charge in [0, 0.05) is 22.6 Å². The molecule has 5 heteroatoms. The summed E-state index contributed by atoms with van der Waals surface area (Å²) in [6.07, 6.45) is 0. The van der Waals surface area contributed by atoms with Crippen molar-refractivity contribution in [3.05, 3.63) is 46.4 Å². The maximum Gasteiger partial charge on any atom is 0.231 e. The van der Waals surface area contributed by atoms with Gasteiger partial charge in [-0.3, -0.25) is 0 Å². The SMILES string of the molecule is COc1ccc(Br)c(NCc2cccc3c2OCO3)c1. The minimum Gasteiger partial charge on any atom is -0.497 e. The van der Waals surface area contributed by atoms with Gasteiger partial charge in [0.1, 0.15) is 5.75 Å². The highest BCUT2D eigenvalue weighted by atomic mass is 79.9. The molecule has 2 aromatic carbocycles. The third kappa shape index (κ3) is 2.54. The van der Waals surface area contributed by atoms with Gasteiger partial charge < -0.3 is 19.5 Å². The molecule has 3 rings (SSSR count). The van der Waals surface area contributed by atoms with Crippen LogP contribution in [-0.2, 0) is 6.54 Å². The lowest BCUT2D eigenvalue weighted by molar-refractivity contribution is 0.173. The highest BCUT2D eigenvalue weighted by Crippen LogP contribution is 2.36. The molecule has 0 fully saturated rings. The van der Waals surface area contributed by atoms with Gasteiger partial charge in [0.15, 0.2) is 11.5 Å². The number of benzene rings is 2. The average molecular weight is 336 g/mol. The van der Waals surface area contributed by atoms with Gasteiger partial charge in [0.05, 0.1) is 12.8 Å². The molecule has 1 aliphatic rings. The molecule has 0 radical (unpaired) electrons. The van der Waals surface area contributed by atoms with Gasteiger partial charge >= 0.3 is 0 Å². The summed E-state index contributed by atoms with van der Waals surface area (Å²) < 4.78 is 17.1. The third-order valence-electron chi connectivity index (χ3n) is 3.12. The molecule has 2 aromatic rings. The van der Waals surface area contributed by atoms with E-state index < -0.39 is 0 Å². The Morgan fingerprint density at radius 2 is 2.15 bits per heavy atom. The first-order valence-electron chi connectivity index (χ1n) is 6.23. The van der Waals surface area contributed by atoms with Gasteiger partial charge in [-0.15, -0.1) is 0 Å². The topological polar surface area (TPSA) is 39.7 Å². The summed E-state index contributed by atoms with van der Waals surface area (Å²) in [5.41, 5.74) is 2.04. The Kier molecular flexibility index (Phi) is 3.69. The van der Waals surface area contributed by atoms with Gasteiger partial charge in [0.25, 0.3) is 0 Å². The van der Waals surface area contributed by atoms with E-state index in [1.165, 1.54) is 0 Å². The Labute approximate surface area is 125 Å². The van der Waals surface area contributed by atoms with E-state index in [2.05, 4.69) is 21.2 Å². The monoisotopic (exact) mass is 335 g/mol. The van der Waals surface area contributed by atoms with Crippen LogP contribution < -0.4 is 19.5 Å². The molecular weight excluding hydrogens is 322 g/mol. The number of para-hydroxylation sites is 1. The third-order valence-corrected chi connectivity index (χ3v) is 3.81. The van der Waals surface area contributed by atoms with E-state index in [-0.39, 0.29) is 6.79 Å². The first-order valence-corrected chi connectivity index (χ1v) is 7.02. The quantitative estimate of drug-likeness (QED) is 0.922. The molecule has 0 amide bonds. The first kappa shape index (κ1) is 13.1. The molecule has 1 aliphatic heterocycles. The molecular formula is C15H14BrNO3. The van der Waals surface area contributed by atoms with Crippen LogP contribution in [0.5, 0.6) is 17.2 Å². The van der Waals surface area contributed by atoms with E-state index in [0.717, 1.165) is 33.0 Å². The summed E-state index contributed by atoms with van der Waals surface area (Å²) in [5.74, 6) is 2.43. The summed E-state index contributed by atoms with van der Waals surface area (Å²) >= 11 is 3.52. The van der Waals surface area contributed by atoms with E-state index in [0.29, 0.717) is 6.54 Å². The number of methoxy groups -OCH3 is 1. The van der Waals surface area contributed by atoms with Crippen LogP contribution in [-0.4, -0.2) is 13.9 Å². The number of hydrogen-bond acceptors (Lipinski definition) is 4. The zero-order chi connectivity index (χ0) is 13.9. The maximum absolute atomic E-state index is 5.49. The Balaban J connectivity index is 1.79. The molecule has 0 aliphatic carbocycles. The lowest BCUT2D eigenvalue weighted by Gasteiger charge is -2.11. The zero-order valence-corrected chi connectivity index (χ0v) is 12.6. The zero-order valence-electron chi connectivity index (χ0n) is 11.0. The minimum atomic E-state index is 0.287. The molecule has 1 N–H and O–H groups in total. The molecule has 0 spiro atoms. The van der Waals surface area contributed by atoms with Crippen molar-refractivity contribution >= 4 is 21.6 Å². The van der Waals surface area contributed by atoms with Crippen LogP contribution >= 0.6 is 15.9 Å². The molecule has 0 saturated carbocycles. The standard InChI is InChI=1S/C15H14BrNO3/c1-18-11-5-6-12(16)13(7-11)17-8-10-3-2-4-14-15(10)20-9-19-14/h2-7,17H,8-9H2,1H3. The van der Waals surface area contributed by atoms with Crippen LogP contribution in [0.4, 0.5) is 5.69 Å². The van der Waals surface area contributed by atoms with Crippen molar-refractivity contribution in [2.75, 3.05) is 19.2 Å². The second-order valence-electron chi connectivity index (χ2n) is 4.35. The van der Waals surface area contributed by atoms with Crippen molar-refractivity contribution in [1.29, 1.82) is 0 Å². The number of rotatable bonds is 4. The Morgan fingerprint density at radius 3 is 3.00 bits per heavy atom. The van der Waals surface area contributed by atoms with Gasteiger partial charge in [-0.1, -0.05) is 12.1 Å². The number of anilines is 1. The van der Waals surface area contributed by atoms with Crippen molar-refractivity contribution in [3.63, 3.8) is 0 Å². The summed E-state index contributed by atoms with van der Waals surface area (Å²) in [7, 11) is 1.66. The molecule has 1 heterocycles. The summed E-state index contributed by atoms with van der Waals surface area (Å²) in [6, 6.07) is 11.7. The highest BCUT2D eigenvalue weighted by molar-refractivity contribution is 9.10. The van der Waals surface area contributed by atoms with Crippen molar-refractivity contribution in [1.82, 2.24) is 0 Å². The Hall–Kier alpha value is -1.88. The maximum atomic E-state index is 5.49. The molecule has 0 unspecified atom stereocenters. The lowest BCUT2D eigenvalue weighted by Crippen LogP contribution is -2.02. The van der Waals surface area contributed by atoms with Crippen LogP contribution in [0.2, 0.25) is 0 Å². The summed E-state index contributed by atoms with van der Waals surface area (Å²) in [5, 5.41) is 3.37. The number of ether oxygens (including phenoxy) is 3. The Bertz CT molecular complexity index is 631. The number of nitrogens with one attached hydrogen (secondary N) is 1. The van der Waals surface area contributed by atoms with Gasteiger partial charge in [-0.05, 0) is 34.1 Å². The molecule has 104 valence electrons. The van der Waals surface area contributed by atoms with E-state index in [9.17, 15) is 0 Å². The predicted molar refractivity (Wildman–Crippen MR) is 80.6 cm³/mol. The van der Waals surface area contributed by atoms with Crippen molar-refractivity contribution in [2.24, 2.45) is 0 Å². The molecule has 4 nitrogen and oxygen atoms in total. The first-order chi connectivity index (χ1) is 9.78. The normalized spacial score (nSPS) is 12.3. The van der Waals surface area contributed by atoms with Crippen LogP contribution in [0, 0.1) is 0 Å². The van der Waals surface area contributed by atoms with E-state index in [1.807, 2.05) is 36.4 Å². The van der Waals surface area contributed by atoms with Crippen LogP contribution in [0.1, 0.15) is 5.56 Å². The van der Waals surface area contributed by atoms with Crippen LogP contribution in [0.25, 0.3) is 0 Å². The highest BCUT2D eigenvalue weighted by Gasteiger charge is 2.16.